The molecule has 0 aromatic heterocycles. The van der Waals surface area contributed by atoms with E-state index in [0.717, 1.165) is 31.5 Å². The van der Waals surface area contributed by atoms with Crippen LogP contribution in [0.5, 0.6) is 0 Å². The van der Waals surface area contributed by atoms with Crippen molar-refractivity contribution >= 4 is 5.69 Å². The van der Waals surface area contributed by atoms with Crippen LogP contribution in [0, 0.1) is 11.8 Å². The second-order valence-corrected chi connectivity index (χ2v) is 5.48. The first-order valence-electron chi connectivity index (χ1n) is 6.74. The fourth-order valence-corrected chi connectivity index (χ4v) is 2.23. The Morgan fingerprint density at radius 2 is 2.12 bits per heavy atom. The predicted molar refractivity (Wildman–Crippen MR) is 74.3 cm³/mol. The van der Waals surface area contributed by atoms with E-state index in [4.69, 9.17) is 0 Å². The maximum absolute atomic E-state index is 3.57. The molecule has 1 aliphatic rings. The summed E-state index contributed by atoms with van der Waals surface area (Å²) in [5.41, 5.74) is 4.26. The minimum Gasteiger partial charge on any atom is -0.384 e. The molecule has 2 heteroatoms. The second kappa shape index (κ2) is 5.54. The van der Waals surface area contributed by atoms with Crippen molar-refractivity contribution in [2.24, 2.45) is 11.8 Å². The van der Waals surface area contributed by atoms with Crippen LogP contribution in [-0.4, -0.2) is 13.1 Å². The molecule has 0 bridgehead atoms. The summed E-state index contributed by atoms with van der Waals surface area (Å²) in [6, 6.07) is 6.63. The van der Waals surface area contributed by atoms with Gasteiger partial charge in [-0.05, 0) is 35.9 Å². The van der Waals surface area contributed by atoms with Gasteiger partial charge < -0.3 is 10.6 Å². The first kappa shape index (κ1) is 12.4. The molecule has 17 heavy (non-hydrogen) atoms. The smallest absolute Gasteiger partial charge is 0.0419 e. The fraction of sp³-hybridized carbons (Fsp3) is 0.600. The lowest BCUT2D eigenvalue weighted by molar-refractivity contribution is 0.392. The molecule has 2 rings (SSSR count). The van der Waals surface area contributed by atoms with Crippen LogP contribution in [0.25, 0.3) is 0 Å². The van der Waals surface area contributed by atoms with Crippen molar-refractivity contribution in [3.8, 4) is 0 Å². The molecule has 0 fully saturated rings. The van der Waals surface area contributed by atoms with Crippen LogP contribution in [0.15, 0.2) is 18.2 Å². The zero-order valence-corrected chi connectivity index (χ0v) is 11.2. The van der Waals surface area contributed by atoms with E-state index >= 15 is 0 Å². The number of nitrogens with one attached hydrogen (secondary N) is 2. The molecular formula is C15H24N2. The molecule has 1 unspecified atom stereocenters. The highest BCUT2D eigenvalue weighted by atomic mass is 14.9. The SMILES string of the molecule is CC(C)C(C)CNCc1cccc2c1NCC2. The van der Waals surface area contributed by atoms with Gasteiger partial charge in [-0.2, -0.15) is 0 Å². The summed E-state index contributed by atoms with van der Waals surface area (Å²) in [6.07, 6.45) is 1.17. The molecule has 1 heterocycles. The zero-order chi connectivity index (χ0) is 12.3. The lowest BCUT2D eigenvalue weighted by Gasteiger charge is -2.17. The van der Waals surface area contributed by atoms with Crippen LogP contribution in [-0.2, 0) is 13.0 Å². The minimum atomic E-state index is 0.736. The third-order valence-electron chi connectivity index (χ3n) is 3.85. The Hall–Kier alpha value is -1.02. The van der Waals surface area contributed by atoms with Crippen LogP contribution >= 0.6 is 0 Å². The third-order valence-corrected chi connectivity index (χ3v) is 3.85. The van der Waals surface area contributed by atoms with Gasteiger partial charge in [0.05, 0.1) is 0 Å². The van der Waals surface area contributed by atoms with Crippen LogP contribution in [0.2, 0.25) is 0 Å². The van der Waals surface area contributed by atoms with Crippen molar-refractivity contribution in [2.45, 2.75) is 33.7 Å². The number of fused-ring (bicyclic) bond motifs is 1. The highest BCUT2D eigenvalue weighted by molar-refractivity contribution is 5.61. The largest absolute Gasteiger partial charge is 0.384 e. The van der Waals surface area contributed by atoms with Gasteiger partial charge in [-0.15, -0.1) is 0 Å². The van der Waals surface area contributed by atoms with E-state index in [0.29, 0.717) is 0 Å². The highest BCUT2D eigenvalue weighted by Crippen LogP contribution is 2.26. The van der Waals surface area contributed by atoms with Crippen molar-refractivity contribution in [2.75, 3.05) is 18.4 Å². The van der Waals surface area contributed by atoms with Crippen LogP contribution in [0.3, 0.4) is 0 Å². The lowest BCUT2D eigenvalue weighted by Crippen LogP contribution is -2.24. The number of benzene rings is 1. The molecule has 0 radical (unpaired) electrons. The lowest BCUT2D eigenvalue weighted by atomic mass is 9.98. The summed E-state index contributed by atoms with van der Waals surface area (Å²) >= 11 is 0. The van der Waals surface area contributed by atoms with Gasteiger partial charge in [0.15, 0.2) is 0 Å². The van der Waals surface area contributed by atoms with Crippen molar-refractivity contribution < 1.29 is 0 Å². The summed E-state index contributed by atoms with van der Waals surface area (Å²) in [5.74, 6) is 1.49. The van der Waals surface area contributed by atoms with Gasteiger partial charge in [0, 0.05) is 18.8 Å². The quantitative estimate of drug-likeness (QED) is 0.815. The zero-order valence-electron chi connectivity index (χ0n) is 11.2. The summed E-state index contributed by atoms with van der Waals surface area (Å²) in [6.45, 7) is 10.1. The van der Waals surface area contributed by atoms with Crippen molar-refractivity contribution in [1.29, 1.82) is 0 Å². The molecule has 1 aromatic rings. The van der Waals surface area contributed by atoms with Crippen LogP contribution in [0.1, 0.15) is 31.9 Å². The number of rotatable bonds is 5. The first-order valence-corrected chi connectivity index (χ1v) is 6.74. The monoisotopic (exact) mass is 232 g/mol. The van der Waals surface area contributed by atoms with E-state index in [-0.39, 0.29) is 0 Å². The van der Waals surface area contributed by atoms with Gasteiger partial charge in [0.25, 0.3) is 0 Å². The average molecular weight is 232 g/mol. The normalized spacial score (nSPS) is 15.8. The Morgan fingerprint density at radius 3 is 2.88 bits per heavy atom. The molecule has 94 valence electrons. The second-order valence-electron chi connectivity index (χ2n) is 5.48. The maximum Gasteiger partial charge on any atom is 0.0419 e. The van der Waals surface area contributed by atoms with E-state index < -0.39 is 0 Å². The van der Waals surface area contributed by atoms with Crippen molar-refractivity contribution in [3.05, 3.63) is 29.3 Å². The van der Waals surface area contributed by atoms with Gasteiger partial charge in [-0.1, -0.05) is 39.0 Å². The van der Waals surface area contributed by atoms with Gasteiger partial charge in [-0.3, -0.25) is 0 Å². The molecule has 0 amide bonds. The number of anilines is 1. The van der Waals surface area contributed by atoms with Gasteiger partial charge >= 0.3 is 0 Å². The van der Waals surface area contributed by atoms with E-state index in [1.54, 1.807) is 0 Å². The van der Waals surface area contributed by atoms with Crippen LogP contribution < -0.4 is 10.6 Å². The van der Waals surface area contributed by atoms with E-state index in [1.807, 2.05) is 0 Å². The maximum atomic E-state index is 3.57. The topological polar surface area (TPSA) is 24.1 Å². The number of hydrogen-bond acceptors (Lipinski definition) is 2. The molecule has 2 nitrogen and oxygen atoms in total. The van der Waals surface area contributed by atoms with Gasteiger partial charge in [0.1, 0.15) is 0 Å². The molecule has 1 atom stereocenters. The molecule has 1 aromatic carbocycles. The molecule has 0 saturated heterocycles. The molecule has 2 N–H and O–H groups in total. The molecule has 0 saturated carbocycles. The van der Waals surface area contributed by atoms with Gasteiger partial charge in [-0.25, -0.2) is 0 Å². The van der Waals surface area contributed by atoms with Crippen LogP contribution in [0.4, 0.5) is 5.69 Å². The Morgan fingerprint density at radius 1 is 1.29 bits per heavy atom. The standard InChI is InChI=1S/C15H24N2/c1-11(2)12(3)9-16-10-14-6-4-5-13-7-8-17-15(13)14/h4-6,11-12,16-17H,7-10H2,1-3H3. The summed E-state index contributed by atoms with van der Waals surface area (Å²) in [7, 11) is 0. The minimum absolute atomic E-state index is 0.736. The molecule has 1 aliphatic heterocycles. The fourth-order valence-electron chi connectivity index (χ4n) is 2.23. The van der Waals surface area contributed by atoms with E-state index in [9.17, 15) is 0 Å². The Balaban J connectivity index is 1.90. The first-order chi connectivity index (χ1) is 8.18. The van der Waals surface area contributed by atoms with Gasteiger partial charge in [0.2, 0.25) is 0 Å². The van der Waals surface area contributed by atoms with Crippen molar-refractivity contribution in [3.63, 3.8) is 0 Å². The average Bonchev–Trinajstić information content (AvgIpc) is 2.77. The molecular weight excluding hydrogens is 208 g/mol. The Kier molecular flexibility index (Phi) is 4.06. The predicted octanol–water partition coefficient (Wildman–Crippen LogP) is 3.04. The highest BCUT2D eigenvalue weighted by Gasteiger charge is 2.13. The molecule has 0 aliphatic carbocycles. The molecule has 0 spiro atoms. The number of hydrogen-bond donors (Lipinski definition) is 2. The summed E-state index contributed by atoms with van der Waals surface area (Å²) < 4.78 is 0. The number of para-hydroxylation sites is 1. The summed E-state index contributed by atoms with van der Waals surface area (Å²) in [5, 5.41) is 7.06. The van der Waals surface area contributed by atoms with E-state index in [1.165, 1.54) is 23.2 Å². The Labute approximate surface area is 105 Å². The Bertz CT molecular complexity index is 371. The summed E-state index contributed by atoms with van der Waals surface area (Å²) in [4.78, 5) is 0. The third kappa shape index (κ3) is 3.01. The van der Waals surface area contributed by atoms with E-state index in [2.05, 4.69) is 49.6 Å². The van der Waals surface area contributed by atoms with Crippen molar-refractivity contribution in [1.82, 2.24) is 5.32 Å².